The molecule has 0 fully saturated rings. The topological polar surface area (TPSA) is 92.4 Å². The molecule has 1 aliphatic carbocycles. The number of nitrogens with two attached hydrogens (primary N) is 1. The van der Waals surface area contributed by atoms with Crippen LogP contribution in [0.4, 0.5) is 0 Å². The highest BCUT2D eigenvalue weighted by atomic mass is 16.4. The first-order chi connectivity index (χ1) is 7.33. The lowest BCUT2D eigenvalue weighted by Crippen LogP contribution is -2.41. The molecule has 2 unspecified atom stereocenters. The Bertz CT molecular complexity index is 323. The first kappa shape index (κ1) is 12.7. The second kappa shape index (κ2) is 4.65. The van der Waals surface area contributed by atoms with Crippen molar-refractivity contribution in [3.63, 3.8) is 0 Å². The van der Waals surface area contributed by atoms with Crippen LogP contribution in [0.15, 0.2) is 12.2 Å². The largest absolute Gasteiger partial charge is 0.481 e. The minimum Gasteiger partial charge on any atom is -0.481 e. The van der Waals surface area contributed by atoms with E-state index in [1.54, 1.807) is 26.0 Å². The first-order valence-electron chi connectivity index (χ1n) is 5.28. The number of hydrogen-bond donors (Lipinski definition) is 3. The van der Waals surface area contributed by atoms with Crippen molar-refractivity contribution in [2.24, 2.45) is 17.1 Å². The Balaban J connectivity index is 2.42. The number of amides is 1. The van der Waals surface area contributed by atoms with Crippen LogP contribution in [0.2, 0.25) is 0 Å². The third-order valence-electron chi connectivity index (χ3n) is 2.74. The lowest BCUT2D eigenvalue weighted by Gasteiger charge is -2.20. The van der Waals surface area contributed by atoms with Crippen LogP contribution in [0.25, 0.3) is 0 Å². The van der Waals surface area contributed by atoms with E-state index < -0.39 is 11.4 Å². The average molecular weight is 226 g/mol. The van der Waals surface area contributed by atoms with Gasteiger partial charge in [0.05, 0.1) is 11.3 Å². The van der Waals surface area contributed by atoms with Crippen molar-refractivity contribution in [3.8, 4) is 0 Å². The minimum absolute atomic E-state index is 0.0665. The van der Waals surface area contributed by atoms with Gasteiger partial charge in [0.1, 0.15) is 0 Å². The number of hydrogen-bond acceptors (Lipinski definition) is 3. The number of aliphatic carboxylic acids is 1. The van der Waals surface area contributed by atoms with Crippen LogP contribution in [-0.4, -0.2) is 29.6 Å². The molecule has 0 aromatic heterocycles. The quantitative estimate of drug-likeness (QED) is 0.593. The molecule has 0 bridgehead atoms. The molecule has 0 radical (unpaired) electrons. The maximum atomic E-state index is 11.6. The molecule has 0 aromatic rings. The number of carbonyl (C=O) groups excluding carboxylic acids is 1. The highest BCUT2D eigenvalue weighted by molar-refractivity contribution is 5.82. The molecule has 16 heavy (non-hydrogen) atoms. The zero-order chi connectivity index (χ0) is 12.3. The van der Waals surface area contributed by atoms with Crippen molar-refractivity contribution in [3.05, 3.63) is 12.2 Å². The van der Waals surface area contributed by atoms with Crippen LogP contribution in [0.3, 0.4) is 0 Å². The summed E-state index contributed by atoms with van der Waals surface area (Å²) in [4.78, 5) is 22.5. The molecule has 0 aromatic carbocycles. The average Bonchev–Trinajstić information content (AvgIpc) is 2.61. The van der Waals surface area contributed by atoms with E-state index >= 15 is 0 Å². The van der Waals surface area contributed by atoms with Crippen molar-refractivity contribution in [1.29, 1.82) is 0 Å². The van der Waals surface area contributed by atoms with E-state index in [2.05, 4.69) is 5.32 Å². The Hall–Kier alpha value is -1.36. The van der Waals surface area contributed by atoms with Gasteiger partial charge in [0.2, 0.25) is 5.91 Å². The van der Waals surface area contributed by atoms with E-state index in [0.717, 1.165) is 0 Å². The number of carboxylic acids is 1. The van der Waals surface area contributed by atoms with Gasteiger partial charge in [0.25, 0.3) is 0 Å². The standard InChI is InChI=1S/C11H18N2O3/c1-11(2,10(15)16)6-13-9(14)7-3-4-8(12)5-7/h3-4,7-8H,5-6,12H2,1-2H3,(H,13,14)(H,15,16). The van der Waals surface area contributed by atoms with Crippen molar-refractivity contribution in [1.82, 2.24) is 5.32 Å². The lowest BCUT2D eigenvalue weighted by atomic mass is 9.93. The molecule has 0 spiro atoms. The summed E-state index contributed by atoms with van der Waals surface area (Å²) in [6.07, 6.45) is 4.17. The molecule has 0 saturated carbocycles. The van der Waals surface area contributed by atoms with E-state index in [4.69, 9.17) is 10.8 Å². The van der Waals surface area contributed by atoms with Gasteiger partial charge in [-0.2, -0.15) is 0 Å². The van der Waals surface area contributed by atoms with Gasteiger partial charge in [0.15, 0.2) is 0 Å². The molecule has 5 heteroatoms. The molecule has 0 saturated heterocycles. The fourth-order valence-electron chi connectivity index (χ4n) is 1.44. The van der Waals surface area contributed by atoms with Crippen molar-refractivity contribution in [2.45, 2.75) is 26.3 Å². The van der Waals surface area contributed by atoms with Gasteiger partial charge in [-0.25, -0.2) is 0 Å². The molecule has 0 aliphatic heterocycles. The Kier molecular flexibility index (Phi) is 3.70. The Morgan fingerprint density at radius 2 is 2.12 bits per heavy atom. The number of carboxylic acid groups (broad SMARTS) is 1. The van der Waals surface area contributed by atoms with E-state index in [1.165, 1.54) is 0 Å². The van der Waals surface area contributed by atoms with Gasteiger partial charge in [-0.15, -0.1) is 0 Å². The maximum Gasteiger partial charge on any atom is 0.310 e. The minimum atomic E-state index is -0.944. The molecule has 4 N–H and O–H groups in total. The first-order valence-corrected chi connectivity index (χ1v) is 5.28. The van der Waals surface area contributed by atoms with Crippen LogP contribution in [0, 0.1) is 11.3 Å². The maximum absolute atomic E-state index is 11.6. The van der Waals surface area contributed by atoms with Gasteiger partial charge in [-0.3, -0.25) is 9.59 Å². The SMILES string of the molecule is CC(C)(CNC(=O)C1C=CC(N)C1)C(=O)O. The monoisotopic (exact) mass is 226 g/mol. The van der Waals surface area contributed by atoms with E-state index in [1.807, 2.05) is 0 Å². The lowest BCUT2D eigenvalue weighted by molar-refractivity contribution is -0.146. The van der Waals surface area contributed by atoms with Gasteiger partial charge in [-0.05, 0) is 20.3 Å². The van der Waals surface area contributed by atoms with Crippen LogP contribution >= 0.6 is 0 Å². The summed E-state index contributed by atoms with van der Waals surface area (Å²) in [5, 5.41) is 11.5. The second-order valence-electron chi connectivity index (χ2n) is 4.80. The van der Waals surface area contributed by atoms with Crippen LogP contribution in [0.5, 0.6) is 0 Å². The van der Waals surface area contributed by atoms with E-state index in [0.29, 0.717) is 6.42 Å². The highest BCUT2D eigenvalue weighted by Gasteiger charge is 2.29. The number of rotatable bonds is 4. The van der Waals surface area contributed by atoms with Gasteiger partial charge in [-0.1, -0.05) is 12.2 Å². The van der Waals surface area contributed by atoms with Gasteiger partial charge >= 0.3 is 5.97 Å². The summed E-state index contributed by atoms with van der Waals surface area (Å²) in [7, 11) is 0. The summed E-state index contributed by atoms with van der Waals surface area (Å²) >= 11 is 0. The van der Waals surface area contributed by atoms with Crippen LogP contribution in [0.1, 0.15) is 20.3 Å². The molecule has 1 amide bonds. The highest BCUT2D eigenvalue weighted by Crippen LogP contribution is 2.18. The predicted octanol–water partition coefficient (Wildman–Crippen LogP) is 0.117. The molecular formula is C11H18N2O3. The zero-order valence-electron chi connectivity index (χ0n) is 9.56. The molecule has 0 heterocycles. The van der Waals surface area contributed by atoms with E-state index in [9.17, 15) is 9.59 Å². The Labute approximate surface area is 94.7 Å². The molecular weight excluding hydrogens is 208 g/mol. The van der Waals surface area contributed by atoms with Gasteiger partial charge in [0, 0.05) is 12.6 Å². The van der Waals surface area contributed by atoms with E-state index in [-0.39, 0.29) is 24.4 Å². The van der Waals surface area contributed by atoms with Crippen molar-refractivity contribution < 1.29 is 14.7 Å². The number of carbonyl (C=O) groups is 2. The molecule has 2 atom stereocenters. The fraction of sp³-hybridized carbons (Fsp3) is 0.636. The Morgan fingerprint density at radius 3 is 2.56 bits per heavy atom. The molecule has 1 rings (SSSR count). The third-order valence-corrected chi connectivity index (χ3v) is 2.74. The second-order valence-corrected chi connectivity index (χ2v) is 4.80. The normalized spacial score (nSPS) is 24.4. The summed E-state index contributed by atoms with van der Waals surface area (Å²) in [6.45, 7) is 3.28. The molecule has 1 aliphatic rings. The predicted molar refractivity (Wildman–Crippen MR) is 59.6 cm³/mol. The summed E-state index contributed by atoms with van der Waals surface area (Å²) < 4.78 is 0. The van der Waals surface area contributed by atoms with Crippen LogP contribution in [-0.2, 0) is 9.59 Å². The fourth-order valence-corrected chi connectivity index (χ4v) is 1.44. The summed E-state index contributed by atoms with van der Waals surface area (Å²) in [6, 6.07) is -0.0665. The smallest absolute Gasteiger partial charge is 0.310 e. The van der Waals surface area contributed by atoms with Gasteiger partial charge < -0.3 is 16.2 Å². The van der Waals surface area contributed by atoms with Crippen molar-refractivity contribution >= 4 is 11.9 Å². The summed E-state index contributed by atoms with van der Waals surface area (Å²) in [5.74, 6) is -1.30. The number of nitrogens with one attached hydrogen (secondary N) is 1. The van der Waals surface area contributed by atoms with Crippen molar-refractivity contribution in [2.75, 3.05) is 6.54 Å². The van der Waals surface area contributed by atoms with Crippen LogP contribution < -0.4 is 11.1 Å². The Morgan fingerprint density at radius 1 is 1.50 bits per heavy atom. The zero-order valence-corrected chi connectivity index (χ0v) is 9.56. The third kappa shape index (κ3) is 3.06. The summed E-state index contributed by atoms with van der Waals surface area (Å²) in [5.41, 5.74) is 4.69. The molecule has 5 nitrogen and oxygen atoms in total. The molecule has 90 valence electrons.